The maximum absolute atomic E-state index is 11.8. The van der Waals surface area contributed by atoms with Gasteiger partial charge in [0.25, 0.3) is 5.91 Å². The largest absolute Gasteiger partial charge is 0.405 e. The summed E-state index contributed by atoms with van der Waals surface area (Å²) in [7, 11) is -2.00. The maximum atomic E-state index is 11.8. The first-order valence-electron chi connectivity index (χ1n) is 6.48. The second-order valence-electron chi connectivity index (χ2n) is 6.10. The molecule has 0 spiro atoms. The highest BCUT2D eigenvalue weighted by atomic mass is 28.4. The van der Waals surface area contributed by atoms with Gasteiger partial charge in [0, 0.05) is 13.0 Å². The summed E-state index contributed by atoms with van der Waals surface area (Å²) in [5.41, 5.74) is 9.88. The zero-order valence-electron chi connectivity index (χ0n) is 12.8. The Labute approximate surface area is 116 Å². The lowest BCUT2D eigenvalue weighted by Crippen LogP contribution is -2.51. The minimum absolute atomic E-state index is 0.0321. The SMILES string of the molecule is C[C@@H](O[Si](C)(C)C(C)(C)C)C(=O)NNC(=O)CCN. The van der Waals surface area contributed by atoms with Crippen LogP contribution in [0.5, 0.6) is 0 Å². The molecule has 0 rings (SSSR count). The molecular weight excluding hydrogens is 262 g/mol. The summed E-state index contributed by atoms with van der Waals surface area (Å²) in [6.45, 7) is 12.4. The Bertz CT molecular complexity index is 327. The van der Waals surface area contributed by atoms with Gasteiger partial charge >= 0.3 is 0 Å². The molecule has 0 aliphatic heterocycles. The predicted molar refractivity (Wildman–Crippen MR) is 77.7 cm³/mol. The average Bonchev–Trinajstić information content (AvgIpc) is 2.24. The van der Waals surface area contributed by atoms with E-state index in [1.807, 2.05) is 0 Å². The Morgan fingerprint density at radius 3 is 2.21 bits per heavy atom. The smallest absolute Gasteiger partial charge is 0.265 e. The molecule has 4 N–H and O–H groups in total. The number of amides is 2. The molecule has 1 atom stereocenters. The van der Waals surface area contributed by atoms with Crippen LogP contribution in [0, 0.1) is 0 Å². The van der Waals surface area contributed by atoms with Gasteiger partial charge < -0.3 is 10.2 Å². The van der Waals surface area contributed by atoms with Crippen molar-refractivity contribution in [2.24, 2.45) is 5.73 Å². The van der Waals surface area contributed by atoms with Crippen LogP contribution in [0.1, 0.15) is 34.1 Å². The number of nitrogens with one attached hydrogen (secondary N) is 2. The molecule has 7 heteroatoms. The van der Waals surface area contributed by atoms with Crippen LogP contribution >= 0.6 is 0 Å². The molecule has 2 amide bonds. The van der Waals surface area contributed by atoms with Gasteiger partial charge in [-0.2, -0.15) is 0 Å². The molecular formula is C12H27N3O3Si. The summed E-state index contributed by atoms with van der Waals surface area (Å²) >= 11 is 0. The maximum Gasteiger partial charge on any atom is 0.265 e. The number of hydrogen-bond acceptors (Lipinski definition) is 4. The van der Waals surface area contributed by atoms with Gasteiger partial charge in [-0.05, 0) is 25.1 Å². The Balaban J connectivity index is 4.32. The topological polar surface area (TPSA) is 93.5 Å². The van der Waals surface area contributed by atoms with Crippen LogP contribution in [-0.4, -0.2) is 32.8 Å². The molecule has 0 saturated heterocycles. The fraction of sp³-hybridized carbons (Fsp3) is 0.833. The van der Waals surface area contributed by atoms with Gasteiger partial charge in [-0.15, -0.1) is 0 Å². The number of hydrazine groups is 1. The van der Waals surface area contributed by atoms with Crippen LogP contribution in [0.4, 0.5) is 0 Å². The van der Waals surface area contributed by atoms with E-state index < -0.39 is 14.4 Å². The zero-order chi connectivity index (χ0) is 15.3. The predicted octanol–water partition coefficient (Wildman–Crippen LogP) is 0.893. The monoisotopic (exact) mass is 289 g/mol. The zero-order valence-corrected chi connectivity index (χ0v) is 13.8. The average molecular weight is 289 g/mol. The number of rotatable bonds is 5. The highest BCUT2D eigenvalue weighted by Gasteiger charge is 2.39. The van der Waals surface area contributed by atoms with Crippen LogP contribution in [-0.2, 0) is 14.0 Å². The van der Waals surface area contributed by atoms with E-state index in [1.165, 1.54) is 0 Å². The van der Waals surface area contributed by atoms with Crippen molar-refractivity contribution in [3.05, 3.63) is 0 Å². The van der Waals surface area contributed by atoms with E-state index in [1.54, 1.807) is 6.92 Å². The first-order valence-corrected chi connectivity index (χ1v) is 9.38. The minimum atomic E-state index is -2.00. The summed E-state index contributed by atoms with van der Waals surface area (Å²) in [5.74, 6) is -0.662. The summed E-state index contributed by atoms with van der Waals surface area (Å²) in [4.78, 5) is 23.0. The molecule has 0 aromatic carbocycles. The third-order valence-electron chi connectivity index (χ3n) is 3.34. The van der Waals surface area contributed by atoms with Gasteiger partial charge in [0.1, 0.15) is 6.10 Å². The van der Waals surface area contributed by atoms with E-state index in [4.69, 9.17) is 10.2 Å². The summed E-state index contributed by atoms with van der Waals surface area (Å²) in [6, 6.07) is 0. The summed E-state index contributed by atoms with van der Waals surface area (Å²) < 4.78 is 5.91. The van der Waals surface area contributed by atoms with E-state index in [0.717, 1.165) is 0 Å². The number of carbonyl (C=O) groups is 2. The standard InChI is InChI=1S/C12H27N3O3Si/c1-9(18-19(5,6)12(2,3)4)11(17)15-14-10(16)7-8-13/h9H,7-8,13H2,1-6H3,(H,14,16)(H,15,17)/t9-/m1/s1. The van der Waals surface area contributed by atoms with E-state index in [2.05, 4.69) is 44.7 Å². The van der Waals surface area contributed by atoms with Crippen molar-refractivity contribution in [2.75, 3.05) is 6.54 Å². The third kappa shape index (κ3) is 6.17. The molecule has 0 fully saturated rings. The Morgan fingerprint density at radius 1 is 1.26 bits per heavy atom. The Hall–Kier alpha value is -0.923. The molecule has 0 radical (unpaired) electrons. The van der Waals surface area contributed by atoms with Crippen LogP contribution in [0.2, 0.25) is 18.1 Å². The van der Waals surface area contributed by atoms with Crippen molar-refractivity contribution < 1.29 is 14.0 Å². The van der Waals surface area contributed by atoms with E-state index in [-0.39, 0.29) is 29.8 Å². The first-order chi connectivity index (χ1) is 8.51. The van der Waals surface area contributed by atoms with Gasteiger partial charge in [-0.1, -0.05) is 20.8 Å². The molecule has 0 unspecified atom stereocenters. The lowest BCUT2D eigenvalue weighted by atomic mass is 10.2. The molecule has 0 aromatic heterocycles. The minimum Gasteiger partial charge on any atom is -0.405 e. The highest BCUT2D eigenvalue weighted by molar-refractivity contribution is 6.74. The number of carbonyl (C=O) groups excluding carboxylic acids is 2. The van der Waals surface area contributed by atoms with E-state index in [0.29, 0.717) is 0 Å². The van der Waals surface area contributed by atoms with Crippen LogP contribution in [0.15, 0.2) is 0 Å². The van der Waals surface area contributed by atoms with Crippen molar-refractivity contribution in [3.8, 4) is 0 Å². The van der Waals surface area contributed by atoms with Gasteiger partial charge in [-0.25, -0.2) is 0 Å². The lowest BCUT2D eigenvalue weighted by molar-refractivity contribution is -0.133. The van der Waals surface area contributed by atoms with Gasteiger partial charge in [0.2, 0.25) is 5.91 Å². The van der Waals surface area contributed by atoms with Crippen LogP contribution < -0.4 is 16.6 Å². The quantitative estimate of drug-likeness (QED) is 0.517. The van der Waals surface area contributed by atoms with Crippen molar-refractivity contribution >= 4 is 20.1 Å². The van der Waals surface area contributed by atoms with Crippen molar-refractivity contribution in [1.29, 1.82) is 0 Å². The molecule has 0 aliphatic carbocycles. The fourth-order valence-corrected chi connectivity index (χ4v) is 2.44. The van der Waals surface area contributed by atoms with E-state index >= 15 is 0 Å². The van der Waals surface area contributed by atoms with Crippen LogP contribution in [0.25, 0.3) is 0 Å². The normalized spacial score (nSPS) is 13.8. The Morgan fingerprint density at radius 2 is 1.79 bits per heavy atom. The number of hydrogen-bond donors (Lipinski definition) is 3. The lowest BCUT2D eigenvalue weighted by Gasteiger charge is -2.37. The molecule has 19 heavy (non-hydrogen) atoms. The van der Waals surface area contributed by atoms with Gasteiger partial charge in [0.15, 0.2) is 8.32 Å². The molecule has 6 nitrogen and oxygen atoms in total. The molecule has 0 aliphatic rings. The first kappa shape index (κ1) is 18.1. The fourth-order valence-electron chi connectivity index (χ4n) is 1.10. The summed E-state index contributed by atoms with van der Waals surface area (Å²) in [6.07, 6.45) is -0.420. The molecule has 0 saturated carbocycles. The highest BCUT2D eigenvalue weighted by Crippen LogP contribution is 2.37. The Kier molecular flexibility index (Phi) is 6.68. The van der Waals surface area contributed by atoms with Crippen molar-refractivity contribution in [2.45, 2.75) is 58.4 Å². The molecule has 0 aromatic rings. The summed E-state index contributed by atoms with van der Waals surface area (Å²) in [5, 5.41) is 0.0321. The third-order valence-corrected chi connectivity index (χ3v) is 7.90. The van der Waals surface area contributed by atoms with Gasteiger partial charge in [0.05, 0.1) is 0 Å². The molecule has 112 valence electrons. The van der Waals surface area contributed by atoms with E-state index in [9.17, 15) is 9.59 Å². The molecule has 0 bridgehead atoms. The van der Waals surface area contributed by atoms with Crippen LogP contribution in [0.3, 0.4) is 0 Å². The van der Waals surface area contributed by atoms with Crippen molar-refractivity contribution in [3.63, 3.8) is 0 Å². The second-order valence-corrected chi connectivity index (χ2v) is 10.9. The van der Waals surface area contributed by atoms with Crippen molar-refractivity contribution in [1.82, 2.24) is 10.9 Å². The number of nitrogens with two attached hydrogens (primary N) is 1. The second kappa shape index (κ2) is 7.02. The molecule has 0 heterocycles. The van der Waals surface area contributed by atoms with Gasteiger partial charge in [-0.3, -0.25) is 20.4 Å².